The number of rotatable bonds is 5. The summed E-state index contributed by atoms with van der Waals surface area (Å²) in [5, 5.41) is 0. The molecule has 0 atom stereocenters. The Labute approximate surface area is 348 Å². The molecule has 0 spiro atoms. The number of hydrogen-bond acceptors (Lipinski definition) is 1. The van der Waals surface area contributed by atoms with Gasteiger partial charge in [-0.15, -0.1) is 0 Å². The largest absolute Gasteiger partial charge is 0.310 e. The van der Waals surface area contributed by atoms with Crippen LogP contribution in [0.4, 0.5) is 17.1 Å². The first-order valence-corrected chi connectivity index (χ1v) is 22.6. The summed E-state index contributed by atoms with van der Waals surface area (Å²) in [6.07, 6.45) is 0. The van der Waals surface area contributed by atoms with E-state index in [-0.39, 0.29) is 0 Å². The van der Waals surface area contributed by atoms with Crippen LogP contribution in [0, 0.1) is 0 Å². The smallest absolute Gasteiger partial charge is 0.0546 e. The lowest BCUT2D eigenvalue weighted by molar-refractivity contribution is 1.28. The number of para-hydroxylation sites is 2. The van der Waals surface area contributed by atoms with Gasteiger partial charge in [0.05, 0.1) is 5.69 Å². The lowest BCUT2D eigenvalue weighted by atomic mass is 9.97. The summed E-state index contributed by atoms with van der Waals surface area (Å²) >= 11 is 0. The summed E-state index contributed by atoms with van der Waals surface area (Å²) in [5.41, 5.74) is 8.25. The Morgan fingerprint density at radius 2 is 0.491 bits per heavy atom. The third-order valence-corrected chi connectivity index (χ3v) is 5.46. The highest BCUT2D eigenvalue weighted by molar-refractivity contribution is 5.90. The Morgan fingerprint density at radius 3 is 0.782 bits per heavy atom. The highest BCUT2D eigenvalue weighted by Crippen LogP contribution is 2.42. The first kappa shape index (κ1) is 68.9. The summed E-state index contributed by atoms with van der Waals surface area (Å²) < 4.78 is 0. The van der Waals surface area contributed by atoms with Crippen LogP contribution >= 0.6 is 0 Å². The van der Waals surface area contributed by atoms with E-state index in [9.17, 15) is 0 Å². The lowest BCUT2D eigenvalue weighted by Crippen LogP contribution is -2.11. The molecule has 0 aliphatic rings. The van der Waals surface area contributed by atoms with Gasteiger partial charge in [-0.3, -0.25) is 0 Å². The van der Waals surface area contributed by atoms with Crippen LogP contribution in [-0.2, 0) is 0 Å². The summed E-state index contributed by atoms with van der Waals surface area (Å²) in [6, 6.07) is 49.1. The van der Waals surface area contributed by atoms with Crippen LogP contribution in [-0.4, -0.2) is 0 Å². The number of anilines is 3. The number of nitrogens with zero attached hydrogens (tertiary/aromatic N) is 1. The molecule has 0 radical (unpaired) electrons. The highest BCUT2D eigenvalue weighted by atomic mass is 15.1. The second-order valence-electron chi connectivity index (χ2n) is 7.47. The predicted molar refractivity (Wildman–Crippen MR) is 268 cm³/mol. The van der Waals surface area contributed by atoms with Gasteiger partial charge < -0.3 is 4.90 Å². The average molecular weight is 758 g/mol. The van der Waals surface area contributed by atoms with E-state index in [1.165, 1.54) is 22.3 Å². The summed E-state index contributed by atoms with van der Waals surface area (Å²) in [4.78, 5) is 2.34. The zero-order valence-corrected chi connectivity index (χ0v) is 41.2. The normalized spacial score (nSPS) is 7.27. The molecule has 5 aromatic carbocycles. The molecule has 5 aromatic rings. The van der Waals surface area contributed by atoms with E-state index in [2.05, 4.69) is 144 Å². The van der Waals surface area contributed by atoms with Gasteiger partial charge in [0.25, 0.3) is 0 Å². The van der Waals surface area contributed by atoms with E-state index in [0.717, 1.165) is 17.1 Å². The molecule has 5 rings (SSSR count). The second-order valence-corrected chi connectivity index (χ2v) is 7.47. The standard InChI is InChI=1S/C30H23N.12C2H6/c1-5-13-24(14-6-1)26-21-22-29(25-15-7-2-8-16-25)30(23-26)31(27-17-9-3-10-18-27)28-19-11-4-12-20-28;12*1-2/h1-23H;12*1-2H3. The third kappa shape index (κ3) is 30.9. The molecule has 316 valence electrons. The van der Waals surface area contributed by atoms with E-state index < -0.39 is 0 Å². The second kappa shape index (κ2) is 64.8. The molecular formula is C54H95N. The average Bonchev–Trinajstić information content (AvgIpc) is 3.35. The van der Waals surface area contributed by atoms with E-state index in [0.29, 0.717) is 0 Å². The van der Waals surface area contributed by atoms with Crippen LogP contribution in [0.1, 0.15) is 166 Å². The molecule has 0 aliphatic heterocycles. The molecular weight excluding hydrogens is 663 g/mol. The van der Waals surface area contributed by atoms with Gasteiger partial charge in [0.2, 0.25) is 0 Å². The number of hydrogen-bond donors (Lipinski definition) is 0. The minimum atomic E-state index is 1.14. The summed E-state index contributed by atoms with van der Waals surface area (Å²) in [5.74, 6) is 0. The molecule has 0 bridgehead atoms. The fourth-order valence-corrected chi connectivity index (χ4v) is 3.97. The fraction of sp³-hybridized carbons (Fsp3) is 0.444. The van der Waals surface area contributed by atoms with E-state index in [4.69, 9.17) is 0 Å². The molecule has 0 amide bonds. The Hall–Kier alpha value is -4.10. The van der Waals surface area contributed by atoms with Crippen LogP contribution in [0.5, 0.6) is 0 Å². The van der Waals surface area contributed by atoms with Crippen molar-refractivity contribution >= 4 is 17.1 Å². The van der Waals surface area contributed by atoms with Crippen LogP contribution in [0.2, 0.25) is 0 Å². The van der Waals surface area contributed by atoms with Gasteiger partial charge >= 0.3 is 0 Å². The Morgan fingerprint density at radius 1 is 0.236 bits per heavy atom. The van der Waals surface area contributed by atoms with E-state index in [1.807, 2.05) is 166 Å². The molecule has 1 nitrogen and oxygen atoms in total. The van der Waals surface area contributed by atoms with Crippen LogP contribution < -0.4 is 4.90 Å². The van der Waals surface area contributed by atoms with Crippen molar-refractivity contribution in [1.29, 1.82) is 0 Å². The van der Waals surface area contributed by atoms with Gasteiger partial charge in [-0.25, -0.2) is 0 Å². The molecule has 55 heavy (non-hydrogen) atoms. The zero-order chi connectivity index (χ0) is 44.9. The van der Waals surface area contributed by atoms with Crippen molar-refractivity contribution < 1.29 is 0 Å². The van der Waals surface area contributed by atoms with Gasteiger partial charge in [-0.1, -0.05) is 275 Å². The van der Waals surface area contributed by atoms with Gasteiger partial charge in [0.15, 0.2) is 0 Å². The summed E-state index contributed by atoms with van der Waals surface area (Å²) in [6.45, 7) is 48.0. The summed E-state index contributed by atoms with van der Waals surface area (Å²) in [7, 11) is 0. The molecule has 0 aliphatic carbocycles. The maximum absolute atomic E-state index is 2.34. The number of benzene rings is 5. The van der Waals surface area contributed by atoms with Crippen molar-refractivity contribution in [2.24, 2.45) is 0 Å². The van der Waals surface area contributed by atoms with Crippen molar-refractivity contribution in [3.05, 3.63) is 140 Å². The molecule has 0 unspecified atom stereocenters. The van der Waals surface area contributed by atoms with Gasteiger partial charge in [-0.2, -0.15) is 0 Å². The van der Waals surface area contributed by atoms with Crippen LogP contribution in [0.15, 0.2) is 140 Å². The first-order chi connectivity index (χ1) is 27.4. The van der Waals surface area contributed by atoms with Gasteiger partial charge in [0, 0.05) is 16.9 Å². The third-order valence-electron chi connectivity index (χ3n) is 5.46. The zero-order valence-electron chi connectivity index (χ0n) is 41.2. The molecule has 0 saturated carbocycles. The van der Waals surface area contributed by atoms with E-state index in [1.54, 1.807) is 0 Å². The molecule has 0 N–H and O–H groups in total. The van der Waals surface area contributed by atoms with Gasteiger partial charge in [-0.05, 0) is 47.0 Å². The topological polar surface area (TPSA) is 3.24 Å². The molecule has 0 heterocycles. The quantitative estimate of drug-likeness (QED) is 0.173. The minimum absolute atomic E-state index is 1.14. The Balaban J connectivity index is -0.000000132. The fourth-order valence-electron chi connectivity index (χ4n) is 3.97. The monoisotopic (exact) mass is 758 g/mol. The molecule has 0 saturated heterocycles. The Kier molecular flexibility index (Phi) is 81.2. The Bertz CT molecular complexity index is 1210. The maximum atomic E-state index is 2.34. The maximum Gasteiger partial charge on any atom is 0.0546 e. The highest BCUT2D eigenvalue weighted by Gasteiger charge is 2.17. The lowest BCUT2D eigenvalue weighted by Gasteiger charge is -2.28. The minimum Gasteiger partial charge on any atom is -0.310 e. The van der Waals surface area contributed by atoms with Crippen molar-refractivity contribution in [3.63, 3.8) is 0 Å². The predicted octanol–water partition coefficient (Wildman–Crippen LogP) is 20.8. The van der Waals surface area contributed by atoms with Crippen molar-refractivity contribution in [3.8, 4) is 22.3 Å². The van der Waals surface area contributed by atoms with Crippen LogP contribution in [0.3, 0.4) is 0 Å². The molecule has 0 aromatic heterocycles. The SMILES string of the molecule is CC.CC.CC.CC.CC.CC.CC.CC.CC.CC.CC.CC.c1ccc(-c2ccc(-c3ccccc3)c(N(c3ccccc3)c3ccccc3)c2)cc1. The molecule has 0 fully saturated rings. The van der Waals surface area contributed by atoms with Crippen molar-refractivity contribution in [2.75, 3.05) is 4.90 Å². The molecule has 1 heteroatoms. The van der Waals surface area contributed by atoms with Gasteiger partial charge in [0.1, 0.15) is 0 Å². The van der Waals surface area contributed by atoms with Crippen molar-refractivity contribution in [1.82, 2.24) is 0 Å². The van der Waals surface area contributed by atoms with E-state index >= 15 is 0 Å². The first-order valence-electron chi connectivity index (χ1n) is 22.6. The van der Waals surface area contributed by atoms with Crippen LogP contribution in [0.25, 0.3) is 22.3 Å². The van der Waals surface area contributed by atoms with Crippen molar-refractivity contribution in [2.45, 2.75) is 166 Å².